The molecule has 0 radical (unpaired) electrons. The van der Waals surface area contributed by atoms with Gasteiger partial charge in [0.2, 0.25) is 6.79 Å². The number of phenolic OH excluding ortho intramolecular Hbond substituents is 1. The summed E-state index contributed by atoms with van der Waals surface area (Å²) in [6.07, 6.45) is 5.26. The smallest absolute Gasteiger partial charge is 0.231 e. The van der Waals surface area contributed by atoms with Gasteiger partial charge >= 0.3 is 0 Å². The molecule has 0 spiro atoms. The third kappa shape index (κ3) is 2.45. The molecule has 5 nitrogen and oxygen atoms in total. The van der Waals surface area contributed by atoms with Crippen LogP contribution in [0.15, 0.2) is 12.1 Å². The highest BCUT2D eigenvalue weighted by molar-refractivity contribution is 5.51. The standard InChI is InChI=1S/C16H21NO4/c18-13-8-16-15(20-10-21-16)7-11(13)9-17-5-6-19-14-4-2-1-3-12(14)17/h7-8,12,14,18H,1-6,9-10H2/t12-,14-/m0/s1. The van der Waals surface area contributed by atoms with Gasteiger partial charge in [-0.15, -0.1) is 0 Å². The minimum Gasteiger partial charge on any atom is -0.507 e. The van der Waals surface area contributed by atoms with Crippen LogP contribution >= 0.6 is 0 Å². The van der Waals surface area contributed by atoms with E-state index in [0.29, 0.717) is 17.9 Å². The highest BCUT2D eigenvalue weighted by Crippen LogP contribution is 2.39. The molecule has 2 aliphatic heterocycles. The Bertz CT molecular complexity index is 531. The molecule has 5 heteroatoms. The Morgan fingerprint density at radius 2 is 1.95 bits per heavy atom. The van der Waals surface area contributed by atoms with Crippen molar-refractivity contribution in [3.8, 4) is 17.2 Å². The highest BCUT2D eigenvalue weighted by atomic mass is 16.7. The fourth-order valence-electron chi connectivity index (χ4n) is 3.69. The second-order valence-corrected chi connectivity index (χ2v) is 6.07. The van der Waals surface area contributed by atoms with E-state index in [0.717, 1.165) is 37.4 Å². The van der Waals surface area contributed by atoms with Crippen molar-refractivity contribution in [1.82, 2.24) is 4.90 Å². The topological polar surface area (TPSA) is 51.2 Å². The van der Waals surface area contributed by atoms with E-state index in [1.54, 1.807) is 6.07 Å². The van der Waals surface area contributed by atoms with Gasteiger partial charge in [-0.2, -0.15) is 0 Å². The summed E-state index contributed by atoms with van der Waals surface area (Å²) >= 11 is 0. The molecule has 2 fully saturated rings. The lowest BCUT2D eigenvalue weighted by Crippen LogP contribution is -2.52. The lowest BCUT2D eigenvalue weighted by Gasteiger charge is -2.43. The highest BCUT2D eigenvalue weighted by Gasteiger charge is 2.34. The van der Waals surface area contributed by atoms with E-state index in [1.807, 2.05) is 6.07 Å². The second kappa shape index (κ2) is 5.39. The molecule has 1 saturated heterocycles. The number of rotatable bonds is 2. The van der Waals surface area contributed by atoms with Crippen LogP contribution in [0.1, 0.15) is 31.2 Å². The van der Waals surface area contributed by atoms with Crippen LogP contribution in [-0.4, -0.2) is 42.1 Å². The fraction of sp³-hybridized carbons (Fsp3) is 0.625. The van der Waals surface area contributed by atoms with Gasteiger partial charge in [-0.25, -0.2) is 0 Å². The second-order valence-electron chi connectivity index (χ2n) is 6.07. The van der Waals surface area contributed by atoms with Crippen molar-refractivity contribution < 1.29 is 19.3 Å². The SMILES string of the molecule is Oc1cc2c(cc1CN1CCO[C@H]3CCCC[C@@H]31)OCO2. The van der Waals surface area contributed by atoms with Gasteiger partial charge in [-0.3, -0.25) is 4.90 Å². The third-order valence-electron chi connectivity index (χ3n) is 4.79. The van der Waals surface area contributed by atoms with Gasteiger partial charge in [0.25, 0.3) is 0 Å². The number of phenols is 1. The number of hydrogen-bond donors (Lipinski definition) is 1. The van der Waals surface area contributed by atoms with Crippen LogP contribution in [0.25, 0.3) is 0 Å². The first-order valence-electron chi connectivity index (χ1n) is 7.78. The van der Waals surface area contributed by atoms with Gasteiger partial charge in [0.1, 0.15) is 5.75 Å². The monoisotopic (exact) mass is 291 g/mol. The molecular formula is C16H21NO4. The molecule has 1 aromatic rings. The summed E-state index contributed by atoms with van der Waals surface area (Å²) in [5, 5.41) is 10.2. The van der Waals surface area contributed by atoms with Gasteiger partial charge in [-0.05, 0) is 18.9 Å². The zero-order valence-corrected chi connectivity index (χ0v) is 12.1. The Morgan fingerprint density at radius 1 is 1.14 bits per heavy atom. The summed E-state index contributed by atoms with van der Waals surface area (Å²) in [6.45, 7) is 2.69. The Balaban J connectivity index is 1.55. The molecule has 1 N–H and O–H groups in total. The van der Waals surface area contributed by atoms with Gasteiger partial charge in [0, 0.05) is 30.8 Å². The van der Waals surface area contributed by atoms with Gasteiger partial charge < -0.3 is 19.3 Å². The maximum Gasteiger partial charge on any atom is 0.231 e. The Morgan fingerprint density at radius 3 is 2.86 bits per heavy atom. The summed E-state index contributed by atoms with van der Waals surface area (Å²) in [6, 6.07) is 4.05. The lowest BCUT2D eigenvalue weighted by atomic mass is 9.90. The zero-order chi connectivity index (χ0) is 14.2. The summed E-state index contributed by atoms with van der Waals surface area (Å²) in [5.41, 5.74) is 0.908. The van der Waals surface area contributed by atoms with Crippen molar-refractivity contribution >= 4 is 0 Å². The minimum atomic E-state index is 0.237. The molecule has 0 amide bonds. The Kier molecular flexibility index (Phi) is 3.39. The molecule has 0 aromatic heterocycles. The van der Waals surface area contributed by atoms with E-state index >= 15 is 0 Å². The predicted molar refractivity (Wildman–Crippen MR) is 76.6 cm³/mol. The molecule has 1 aromatic carbocycles. The van der Waals surface area contributed by atoms with Gasteiger partial charge in [-0.1, -0.05) is 12.8 Å². The average Bonchev–Trinajstić information content (AvgIpc) is 2.95. The number of fused-ring (bicyclic) bond motifs is 2. The zero-order valence-electron chi connectivity index (χ0n) is 12.1. The molecule has 4 rings (SSSR count). The number of benzene rings is 1. The van der Waals surface area contributed by atoms with Crippen molar-refractivity contribution in [2.24, 2.45) is 0 Å². The van der Waals surface area contributed by atoms with Crippen LogP contribution in [0.4, 0.5) is 0 Å². The van der Waals surface area contributed by atoms with Crippen LogP contribution < -0.4 is 9.47 Å². The molecule has 114 valence electrons. The minimum absolute atomic E-state index is 0.237. The van der Waals surface area contributed by atoms with Crippen molar-refractivity contribution in [1.29, 1.82) is 0 Å². The number of ether oxygens (including phenoxy) is 3. The lowest BCUT2D eigenvalue weighted by molar-refractivity contribution is -0.0912. The molecule has 1 aliphatic carbocycles. The third-order valence-corrected chi connectivity index (χ3v) is 4.79. The molecule has 21 heavy (non-hydrogen) atoms. The van der Waals surface area contributed by atoms with Crippen molar-refractivity contribution in [2.45, 2.75) is 44.4 Å². The van der Waals surface area contributed by atoms with E-state index in [9.17, 15) is 5.11 Å². The molecule has 0 unspecified atom stereocenters. The van der Waals surface area contributed by atoms with Gasteiger partial charge in [0.15, 0.2) is 11.5 Å². The summed E-state index contributed by atoms with van der Waals surface area (Å²) < 4.78 is 16.6. The van der Waals surface area contributed by atoms with E-state index < -0.39 is 0 Å². The number of nitrogens with zero attached hydrogens (tertiary/aromatic N) is 1. The van der Waals surface area contributed by atoms with Crippen molar-refractivity contribution in [2.75, 3.05) is 19.9 Å². The van der Waals surface area contributed by atoms with Crippen molar-refractivity contribution in [3.05, 3.63) is 17.7 Å². The molecule has 1 saturated carbocycles. The molecule has 3 aliphatic rings. The number of morpholine rings is 1. The molecule has 2 atom stereocenters. The summed E-state index contributed by atoms with van der Waals surface area (Å²) in [7, 11) is 0. The molecule has 2 heterocycles. The van der Waals surface area contributed by atoms with Crippen LogP contribution in [-0.2, 0) is 11.3 Å². The average molecular weight is 291 g/mol. The molecular weight excluding hydrogens is 270 g/mol. The van der Waals surface area contributed by atoms with Crippen LogP contribution in [0.3, 0.4) is 0 Å². The fourth-order valence-corrected chi connectivity index (χ4v) is 3.69. The first-order chi connectivity index (χ1) is 10.3. The normalized spacial score (nSPS) is 28.4. The largest absolute Gasteiger partial charge is 0.507 e. The number of hydrogen-bond acceptors (Lipinski definition) is 5. The van der Waals surface area contributed by atoms with Gasteiger partial charge in [0.05, 0.1) is 12.7 Å². The molecule has 0 bridgehead atoms. The van der Waals surface area contributed by atoms with Crippen LogP contribution in [0, 0.1) is 0 Å². The Hall–Kier alpha value is -1.46. The van der Waals surface area contributed by atoms with E-state index in [2.05, 4.69) is 4.90 Å². The first-order valence-corrected chi connectivity index (χ1v) is 7.78. The maximum absolute atomic E-state index is 10.2. The van der Waals surface area contributed by atoms with E-state index in [4.69, 9.17) is 14.2 Å². The summed E-state index contributed by atoms with van der Waals surface area (Å²) in [5.74, 6) is 1.66. The van der Waals surface area contributed by atoms with Crippen LogP contribution in [0.2, 0.25) is 0 Å². The maximum atomic E-state index is 10.2. The predicted octanol–water partition coefficient (Wildman–Crippen LogP) is 2.26. The Labute approximate surface area is 124 Å². The summed E-state index contributed by atoms with van der Waals surface area (Å²) in [4.78, 5) is 2.45. The van der Waals surface area contributed by atoms with E-state index in [-0.39, 0.29) is 12.5 Å². The first kappa shape index (κ1) is 13.2. The number of aromatic hydroxyl groups is 1. The van der Waals surface area contributed by atoms with Crippen molar-refractivity contribution in [3.63, 3.8) is 0 Å². The quantitative estimate of drug-likeness (QED) is 0.906. The van der Waals surface area contributed by atoms with Crippen LogP contribution in [0.5, 0.6) is 17.2 Å². The van der Waals surface area contributed by atoms with E-state index in [1.165, 1.54) is 19.3 Å².